The van der Waals surface area contributed by atoms with Crippen LogP contribution in [-0.4, -0.2) is 73.3 Å². The van der Waals surface area contributed by atoms with Gasteiger partial charge in [-0.05, 0) is 26.0 Å². The molecule has 0 unspecified atom stereocenters. The van der Waals surface area contributed by atoms with Gasteiger partial charge in [-0.2, -0.15) is 4.31 Å². The summed E-state index contributed by atoms with van der Waals surface area (Å²) < 4.78 is 44.6. The van der Waals surface area contributed by atoms with Crippen LogP contribution < -0.4 is 4.74 Å². The number of nitrogens with zero attached hydrogens (tertiary/aromatic N) is 4. The molecule has 4 rings (SSSR count). The van der Waals surface area contributed by atoms with Gasteiger partial charge in [-0.3, -0.25) is 4.90 Å². The fraction of sp³-hybridized carbons (Fsp3) is 0.556. The SMILES string of the molecule is COCCN1[C@H]2CN(Cc3c(C)noc3C)C[C@H]2Oc2ncccc2S1(=O)=O. The zero-order valence-electron chi connectivity index (χ0n) is 16.2. The number of hydrogen-bond acceptors (Lipinski definition) is 8. The van der Waals surface area contributed by atoms with Crippen LogP contribution in [0.15, 0.2) is 27.7 Å². The fourth-order valence-corrected chi connectivity index (χ4v) is 5.58. The Bertz CT molecular complexity index is 941. The summed E-state index contributed by atoms with van der Waals surface area (Å²) in [6.07, 6.45) is 1.23. The normalized spacial score (nSPS) is 24.4. The lowest BCUT2D eigenvalue weighted by Gasteiger charge is -2.27. The van der Waals surface area contributed by atoms with Crippen molar-refractivity contribution in [3.63, 3.8) is 0 Å². The number of pyridine rings is 1. The van der Waals surface area contributed by atoms with Crippen LogP contribution in [0.2, 0.25) is 0 Å². The third-order valence-electron chi connectivity index (χ3n) is 5.35. The van der Waals surface area contributed by atoms with E-state index in [1.54, 1.807) is 25.4 Å². The second kappa shape index (κ2) is 7.43. The Balaban J connectivity index is 1.66. The molecule has 2 aliphatic heterocycles. The standard InChI is InChI=1S/C18H24N4O5S/c1-12-14(13(2)27-20-12)9-21-10-15-16(11-21)26-18-17(5-4-6-19-18)28(23,24)22(15)7-8-25-3/h4-6,15-16H,7-11H2,1-3H3/t15-,16+/m0/s1. The largest absolute Gasteiger partial charge is 0.470 e. The summed E-state index contributed by atoms with van der Waals surface area (Å²) in [5.41, 5.74) is 1.88. The average molecular weight is 408 g/mol. The van der Waals surface area contributed by atoms with Gasteiger partial charge in [-0.1, -0.05) is 5.16 Å². The number of sulfonamides is 1. The summed E-state index contributed by atoms with van der Waals surface area (Å²) in [7, 11) is -2.18. The maximum absolute atomic E-state index is 13.3. The maximum atomic E-state index is 13.3. The highest BCUT2D eigenvalue weighted by Crippen LogP contribution is 2.35. The monoisotopic (exact) mass is 408 g/mol. The highest BCUT2D eigenvalue weighted by molar-refractivity contribution is 7.89. The third kappa shape index (κ3) is 3.30. The molecule has 28 heavy (non-hydrogen) atoms. The smallest absolute Gasteiger partial charge is 0.248 e. The third-order valence-corrected chi connectivity index (χ3v) is 7.28. The number of methoxy groups -OCH3 is 1. The van der Waals surface area contributed by atoms with Crippen molar-refractivity contribution in [2.45, 2.75) is 37.4 Å². The van der Waals surface area contributed by atoms with E-state index in [-0.39, 0.29) is 29.5 Å². The van der Waals surface area contributed by atoms with Crippen LogP contribution in [0.5, 0.6) is 5.88 Å². The predicted molar refractivity (Wildman–Crippen MR) is 99.5 cm³/mol. The van der Waals surface area contributed by atoms with Crippen molar-refractivity contribution in [2.24, 2.45) is 0 Å². The number of likely N-dealkylation sites (tertiary alicyclic amines) is 1. The molecule has 1 saturated heterocycles. The zero-order valence-corrected chi connectivity index (χ0v) is 17.0. The summed E-state index contributed by atoms with van der Waals surface area (Å²) in [5.74, 6) is 0.943. The van der Waals surface area contributed by atoms with Gasteiger partial charge >= 0.3 is 0 Å². The lowest BCUT2D eigenvalue weighted by atomic mass is 10.2. The second-order valence-corrected chi connectivity index (χ2v) is 8.99. The molecule has 2 aromatic heterocycles. The van der Waals surface area contributed by atoms with Crippen molar-refractivity contribution < 1.29 is 22.4 Å². The van der Waals surface area contributed by atoms with Gasteiger partial charge in [0.05, 0.1) is 18.3 Å². The molecule has 2 atom stereocenters. The summed E-state index contributed by atoms with van der Waals surface area (Å²) in [5, 5.41) is 4.01. The highest BCUT2D eigenvalue weighted by atomic mass is 32.2. The first kappa shape index (κ1) is 19.3. The molecular formula is C18H24N4O5S. The van der Waals surface area contributed by atoms with Crippen LogP contribution in [-0.2, 0) is 21.3 Å². The topological polar surface area (TPSA) is 98.0 Å². The molecule has 152 valence electrons. The van der Waals surface area contributed by atoms with Crippen LogP contribution in [0.4, 0.5) is 0 Å². The zero-order chi connectivity index (χ0) is 19.9. The molecule has 4 heterocycles. The van der Waals surface area contributed by atoms with Gasteiger partial charge in [0, 0.05) is 45.0 Å². The highest BCUT2D eigenvalue weighted by Gasteiger charge is 2.47. The van der Waals surface area contributed by atoms with Crippen LogP contribution in [0.1, 0.15) is 17.0 Å². The van der Waals surface area contributed by atoms with Crippen LogP contribution in [0, 0.1) is 13.8 Å². The van der Waals surface area contributed by atoms with E-state index in [2.05, 4.69) is 15.0 Å². The number of hydrogen-bond donors (Lipinski definition) is 0. The van der Waals surface area contributed by atoms with Gasteiger partial charge in [0.25, 0.3) is 0 Å². The molecule has 10 heteroatoms. The Hall–Kier alpha value is -2.01. The van der Waals surface area contributed by atoms with E-state index < -0.39 is 10.0 Å². The molecule has 9 nitrogen and oxygen atoms in total. The predicted octanol–water partition coefficient (Wildman–Crippen LogP) is 0.969. The number of fused-ring (bicyclic) bond motifs is 2. The van der Waals surface area contributed by atoms with Gasteiger partial charge in [0.2, 0.25) is 15.9 Å². The van der Waals surface area contributed by atoms with Crippen molar-refractivity contribution in [3.8, 4) is 5.88 Å². The molecule has 2 aliphatic rings. The van der Waals surface area contributed by atoms with Crippen molar-refractivity contribution in [2.75, 3.05) is 33.4 Å². The Morgan fingerprint density at radius 1 is 1.32 bits per heavy atom. The first-order chi connectivity index (χ1) is 13.4. The number of rotatable bonds is 5. The van der Waals surface area contributed by atoms with E-state index in [1.165, 1.54) is 4.31 Å². The van der Waals surface area contributed by atoms with Crippen LogP contribution >= 0.6 is 0 Å². The van der Waals surface area contributed by atoms with E-state index >= 15 is 0 Å². The van der Waals surface area contributed by atoms with Crippen molar-refractivity contribution in [1.82, 2.24) is 19.3 Å². The second-order valence-electron chi connectivity index (χ2n) is 7.14. The first-order valence-corrected chi connectivity index (χ1v) is 10.6. The first-order valence-electron chi connectivity index (χ1n) is 9.18. The van der Waals surface area contributed by atoms with Gasteiger partial charge in [-0.15, -0.1) is 0 Å². The average Bonchev–Trinajstić information content (AvgIpc) is 3.18. The lowest BCUT2D eigenvalue weighted by molar-refractivity contribution is 0.123. The summed E-state index contributed by atoms with van der Waals surface area (Å²) in [6.45, 7) is 6.13. The molecule has 1 fully saturated rings. The fourth-order valence-electron chi connectivity index (χ4n) is 3.88. The molecule has 0 saturated carbocycles. The Morgan fingerprint density at radius 2 is 2.14 bits per heavy atom. The van der Waals surface area contributed by atoms with Gasteiger partial charge in [0.15, 0.2) is 0 Å². The molecule has 0 amide bonds. The summed E-state index contributed by atoms with van der Waals surface area (Å²) >= 11 is 0. The van der Waals surface area contributed by atoms with Gasteiger partial charge in [0.1, 0.15) is 16.8 Å². The van der Waals surface area contributed by atoms with Gasteiger partial charge < -0.3 is 14.0 Å². The summed E-state index contributed by atoms with van der Waals surface area (Å²) in [4.78, 5) is 6.46. The van der Waals surface area contributed by atoms with Crippen LogP contribution in [0.25, 0.3) is 0 Å². The Kier molecular flexibility index (Phi) is 5.13. The molecule has 0 bridgehead atoms. The van der Waals surface area contributed by atoms with E-state index in [1.807, 2.05) is 13.8 Å². The molecule has 0 spiro atoms. The molecule has 0 aromatic carbocycles. The molecule has 0 N–H and O–H groups in total. The number of aryl methyl sites for hydroxylation is 2. The van der Waals surface area contributed by atoms with Crippen molar-refractivity contribution in [1.29, 1.82) is 0 Å². The van der Waals surface area contributed by atoms with Gasteiger partial charge in [-0.25, -0.2) is 13.4 Å². The maximum Gasteiger partial charge on any atom is 0.248 e. The lowest BCUT2D eigenvalue weighted by Crippen LogP contribution is -2.48. The molecule has 2 aromatic rings. The Morgan fingerprint density at radius 3 is 2.86 bits per heavy atom. The van der Waals surface area contributed by atoms with E-state index in [0.717, 1.165) is 17.0 Å². The minimum absolute atomic E-state index is 0.109. The molecule has 0 radical (unpaired) electrons. The molecule has 0 aliphatic carbocycles. The van der Waals surface area contributed by atoms with E-state index in [9.17, 15) is 8.42 Å². The van der Waals surface area contributed by atoms with Crippen molar-refractivity contribution >= 4 is 10.0 Å². The van der Waals surface area contributed by atoms with Crippen molar-refractivity contribution in [3.05, 3.63) is 35.3 Å². The minimum Gasteiger partial charge on any atom is -0.470 e. The number of aromatic nitrogens is 2. The minimum atomic E-state index is -3.74. The number of ether oxygens (including phenoxy) is 2. The Labute approximate surface area is 164 Å². The quantitative estimate of drug-likeness (QED) is 0.722. The van der Waals surface area contributed by atoms with E-state index in [0.29, 0.717) is 26.2 Å². The van der Waals surface area contributed by atoms with E-state index in [4.69, 9.17) is 14.0 Å². The molecular weight excluding hydrogens is 384 g/mol. The van der Waals surface area contributed by atoms with Crippen LogP contribution in [0.3, 0.4) is 0 Å². The summed E-state index contributed by atoms with van der Waals surface area (Å²) in [6, 6.07) is 2.83.